The van der Waals surface area contributed by atoms with Crippen LogP contribution in [0.15, 0.2) is 30.1 Å². The number of piperidine rings is 1. The van der Waals surface area contributed by atoms with E-state index in [9.17, 15) is 31.1 Å². The molecule has 0 bridgehead atoms. The number of carbonyl (C=O) groups is 1. The fraction of sp³-hybridized carbons (Fsp3) is 0.700. The lowest BCUT2D eigenvalue weighted by atomic mass is 9.88. The number of hydrogen-bond donors (Lipinski definition) is 2. The van der Waals surface area contributed by atoms with Crippen molar-refractivity contribution in [3.8, 4) is 0 Å². The van der Waals surface area contributed by atoms with Crippen molar-refractivity contribution in [3.05, 3.63) is 41.6 Å². The highest BCUT2D eigenvalue weighted by Crippen LogP contribution is 2.33. The Balaban J connectivity index is 1.17. The van der Waals surface area contributed by atoms with Gasteiger partial charge in [0, 0.05) is 57.4 Å². The predicted molar refractivity (Wildman–Crippen MR) is 153 cm³/mol. The van der Waals surface area contributed by atoms with Gasteiger partial charge in [-0.1, -0.05) is 6.08 Å². The van der Waals surface area contributed by atoms with Gasteiger partial charge in [0.15, 0.2) is 0 Å². The summed E-state index contributed by atoms with van der Waals surface area (Å²) in [6, 6.07) is 1.48. The Kier molecular flexibility index (Phi) is 11.1. The Morgan fingerprint density at radius 2 is 1.87 bits per heavy atom. The number of anilines is 1. The van der Waals surface area contributed by atoms with Crippen molar-refractivity contribution in [3.63, 3.8) is 0 Å². The van der Waals surface area contributed by atoms with Crippen LogP contribution in [0.4, 0.5) is 32.2 Å². The third-order valence-electron chi connectivity index (χ3n) is 8.74. The van der Waals surface area contributed by atoms with E-state index in [2.05, 4.69) is 25.3 Å². The second kappa shape index (κ2) is 14.9. The normalized spacial score (nSPS) is 28.1. The summed E-state index contributed by atoms with van der Waals surface area (Å²) in [6.45, 7) is 1.98. The maximum absolute atomic E-state index is 13.7. The zero-order valence-corrected chi connectivity index (χ0v) is 25.4. The molecule has 1 aromatic heterocycles. The van der Waals surface area contributed by atoms with Crippen LogP contribution >= 0.6 is 0 Å². The summed E-state index contributed by atoms with van der Waals surface area (Å²) in [5, 5.41) is 6.48. The standard InChI is InChI=1S/C30H39F6N5O5/c1-43-25-17-44-14-11-22(25)38-19-9-12-41(13-10-19)27(42)23-15-26(40-28(39-23)29(31,32)33)37-16-21-3-2-4-24(45-21)18-5-7-20(8-6-18)46-30(34,35)36/h5,7-8,15,18-19,21-22,24-25,38H,2-4,6,9-14,16-17H2,1H3,(H,37,39,40)/t18?,21-,22+,24+,25-/m1/s1. The second-order valence-corrected chi connectivity index (χ2v) is 12.0. The molecule has 1 amide bonds. The molecule has 256 valence electrons. The summed E-state index contributed by atoms with van der Waals surface area (Å²) >= 11 is 0. The van der Waals surface area contributed by atoms with E-state index in [1.807, 2.05) is 0 Å². The lowest BCUT2D eigenvalue weighted by Crippen LogP contribution is -2.54. The number of likely N-dealkylation sites (tertiary alicyclic amines) is 1. The quantitative estimate of drug-likeness (QED) is 0.359. The smallest absolute Gasteiger partial charge is 0.406 e. The van der Waals surface area contributed by atoms with Crippen molar-refractivity contribution in [2.24, 2.45) is 5.92 Å². The van der Waals surface area contributed by atoms with Crippen LogP contribution in [0.25, 0.3) is 0 Å². The van der Waals surface area contributed by atoms with Gasteiger partial charge in [-0.15, -0.1) is 13.2 Å². The molecule has 2 N–H and O–H groups in total. The van der Waals surface area contributed by atoms with Gasteiger partial charge in [0.2, 0.25) is 5.82 Å². The first-order chi connectivity index (χ1) is 21.9. The highest BCUT2D eigenvalue weighted by molar-refractivity contribution is 5.93. The summed E-state index contributed by atoms with van der Waals surface area (Å²) < 4.78 is 99.8. The van der Waals surface area contributed by atoms with Crippen LogP contribution in [-0.4, -0.2) is 97.5 Å². The van der Waals surface area contributed by atoms with Gasteiger partial charge < -0.3 is 34.5 Å². The molecule has 0 aromatic carbocycles. The zero-order valence-electron chi connectivity index (χ0n) is 25.4. The van der Waals surface area contributed by atoms with E-state index in [-0.39, 0.29) is 60.1 Å². The number of allylic oxidation sites excluding steroid dienone is 2. The number of carbonyl (C=O) groups excluding carboxylic acids is 1. The number of halogens is 6. The fourth-order valence-electron chi connectivity index (χ4n) is 6.34. The Morgan fingerprint density at radius 3 is 2.54 bits per heavy atom. The number of rotatable bonds is 9. The Labute approximate surface area is 262 Å². The minimum absolute atomic E-state index is 0.0674. The molecule has 16 heteroatoms. The van der Waals surface area contributed by atoms with Crippen LogP contribution in [0, 0.1) is 5.92 Å². The van der Waals surface area contributed by atoms with Crippen molar-refractivity contribution in [2.75, 3.05) is 45.3 Å². The minimum atomic E-state index is -4.87. The molecular formula is C30H39F6N5O5. The topological polar surface area (TPSA) is 107 Å². The zero-order chi connectivity index (χ0) is 32.9. The third-order valence-corrected chi connectivity index (χ3v) is 8.74. The lowest BCUT2D eigenvalue weighted by Gasteiger charge is -2.38. The van der Waals surface area contributed by atoms with Gasteiger partial charge in [-0.3, -0.25) is 4.79 Å². The van der Waals surface area contributed by atoms with Crippen molar-refractivity contribution >= 4 is 11.7 Å². The molecule has 0 spiro atoms. The summed E-state index contributed by atoms with van der Waals surface area (Å²) in [4.78, 5) is 22.0. The van der Waals surface area contributed by atoms with Gasteiger partial charge in [-0.25, -0.2) is 9.97 Å². The van der Waals surface area contributed by atoms with E-state index >= 15 is 0 Å². The summed E-state index contributed by atoms with van der Waals surface area (Å²) in [6.07, 6.45) is -1.66. The highest BCUT2D eigenvalue weighted by atomic mass is 19.4. The van der Waals surface area contributed by atoms with Gasteiger partial charge >= 0.3 is 12.5 Å². The van der Waals surface area contributed by atoms with Crippen LogP contribution < -0.4 is 10.6 Å². The second-order valence-electron chi connectivity index (χ2n) is 12.0. The van der Waals surface area contributed by atoms with Crippen molar-refractivity contribution in [1.82, 2.24) is 20.2 Å². The highest BCUT2D eigenvalue weighted by Gasteiger charge is 2.38. The number of nitrogens with one attached hydrogen (secondary N) is 2. The first kappa shape index (κ1) is 34.4. The average Bonchev–Trinajstić information content (AvgIpc) is 3.03. The van der Waals surface area contributed by atoms with Gasteiger partial charge in [0.1, 0.15) is 17.3 Å². The van der Waals surface area contributed by atoms with Crippen molar-refractivity contribution in [2.45, 2.75) is 87.9 Å². The molecule has 46 heavy (non-hydrogen) atoms. The van der Waals surface area contributed by atoms with Crippen LogP contribution in [0.3, 0.4) is 0 Å². The molecular weight excluding hydrogens is 624 g/mol. The number of nitrogens with zero attached hydrogens (tertiary/aromatic N) is 3. The first-order valence-corrected chi connectivity index (χ1v) is 15.5. The van der Waals surface area contributed by atoms with Crippen molar-refractivity contribution < 1.29 is 50.1 Å². The van der Waals surface area contributed by atoms with Crippen LogP contribution in [0.2, 0.25) is 0 Å². The lowest BCUT2D eigenvalue weighted by molar-refractivity contribution is -0.303. The third kappa shape index (κ3) is 9.32. The molecule has 3 saturated heterocycles. The largest absolute Gasteiger partial charge is 0.573 e. The number of amides is 1. The molecule has 3 fully saturated rings. The summed E-state index contributed by atoms with van der Waals surface area (Å²) in [5.74, 6) is -2.60. The Bertz CT molecular complexity index is 1250. The van der Waals surface area contributed by atoms with Gasteiger partial charge in [-0.05, 0) is 57.1 Å². The molecule has 1 aliphatic carbocycles. The van der Waals surface area contributed by atoms with Crippen LogP contribution in [-0.2, 0) is 25.1 Å². The maximum Gasteiger partial charge on any atom is 0.573 e. The number of alkyl halides is 6. The predicted octanol–water partition coefficient (Wildman–Crippen LogP) is 4.84. The maximum atomic E-state index is 13.7. The molecule has 0 radical (unpaired) electrons. The number of ether oxygens (including phenoxy) is 4. The fourth-order valence-corrected chi connectivity index (χ4v) is 6.34. The minimum Gasteiger partial charge on any atom is -0.406 e. The Hall–Kier alpha value is -2.95. The van der Waals surface area contributed by atoms with E-state index in [4.69, 9.17) is 14.2 Å². The molecule has 1 unspecified atom stereocenters. The van der Waals surface area contributed by atoms with E-state index in [1.165, 1.54) is 23.1 Å². The van der Waals surface area contributed by atoms with Gasteiger partial charge in [-0.2, -0.15) is 13.2 Å². The number of methoxy groups -OCH3 is 1. The van der Waals surface area contributed by atoms with E-state index in [1.54, 1.807) is 13.2 Å². The molecule has 5 rings (SSSR count). The SMILES string of the molecule is CO[C@@H]1COCC[C@@H]1NC1CCN(C(=O)c2cc(NC[C@H]3CCC[C@@H](C4C=CC(OC(F)(F)F)=CC4)O3)nc(C(F)(F)F)n2)CC1. The Morgan fingerprint density at radius 1 is 1.09 bits per heavy atom. The summed E-state index contributed by atoms with van der Waals surface area (Å²) in [7, 11) is 1.64. The first-order valence-electron chi connectivity index (χ1n) is 15.5. The van der Waals surface area contributed by atoms with Crippen molar-refractivity contribution in [1.29, 1.82) is 0 Å². The average molecular weight is 664 g/mol. The molecule has 5 atom stereocenters. The molecule has 10 nitrogen and oxygen atoms in total. The van der Waals surface area contributed by atoms with Gasteiger partial charge in [0.25, 0.3) is 5.91 Å². The van der Waals surface area contributed by atoms with E-state index in [0.29, 0.717) is 58.4 Å². The summed E-state index contributed by atoms with van der Waals surface area (Å²) in [5.41, 5.74) is -0.349. The molecule has 3 aliphatic heterocycles. The van der Waals surface area contributed by atoms with Crippen LogP contribution in [0.1, 0.15) is 61.3 Å². The molecule has 4 heterocycles. The molecule has 0 saturated carbocycles. The number of hydrogen-bond acceptors (Lipinski definition) is 9. The van der Waals surface area contributed by atoms with E-state index < -0.39 is 24.3 Å². The molecule has 4 aliphatic rings. The van der Waals surface area contributed by atoms with E-state index in [0.717, 1.165) is 12.8 Å². The monoisotopic (exact) mass is 663 g/mol. The molecule has 1 aromatic rings. The number of aromatic nitrogens is 2. The van der Waals surface area contributed by atoms with Gasteiger partial charge in [0.05, 0.1) is 24.9 Å². The van der Waals surface area contributed by atoms with Crippen LogP contribution in [0.5, 0.6) is 0 Å².